The van der Waals surface area contributed by atoms with E-state index in [1.807, 2.05) is 6.07 Å². The molecule has 0 radical (unpaired) electrons. The molecule has 5 heteroatoms. The summed E-state index contributed by atoms with van der Waals surface area (Å²) in [7, 11) is 1.55. The molecule has 17 heavy (non-hydrogen) atoms. The molecule has 0 aromatic carbocycles. The average Bonchev–Trinajstić information content (AvgIpc) is 2.78. The van der Waals surface area contributed by atoms with Gasteiger partial charge in [-0.05, 0) is 32.9 Å². The lowest BCUT2D eigenvalue weighted by Crippen LogP contribution is -2.28. The molecule has 1 atom stereocenters. The highest BCUT2D eigenvalue weighted by atomic mass is 35.5. The van der Waals surface area contributed by atoms with E-state index in [4.69, 9.17) is 16.3 Å². The van der Waals surface area contributed by atoms with E-state index < -0.39 is 0 Å². The van der Waals surface area contributed by atoms with E-state index in [0.29, 0.717) is 22.9 Å². The van der Waals surface area contributed by atoms with Gasteiger partial charge in [-0.25, -0.2) is 0 Å². The minimum Gasteiger partial charge on any atom is -0.479 e. The number of aromatic nitrogens is 2. The number of nitrogens with zero attached hydrogens (tertiary/aromatic N) is 3. The Hall–Kier alpha value is -0.870. The standard InChI is InChI=1S/C12H18ClN3O/c1-8(2)16-5-4-9(7-16)11-6-10(13)12(17-3)15-14-11/h6,8-9H,4-5,7H2,1-3H3. The molecule has 1 aromatic heterocycles. The molecule has 1 aliphatic rings. The Kier molecular flexibility index (Phi) is 3.84. The van der Waals surface area contributed by atoms with Gasteiger partial charge >= 0.3 is 0 Å². The molecule has 1 saturated heterocycles. The van der Waals surface area contributed by atoms with Crippen LogP contribution in [0.15, 0.2) is 6.07 Å². The van der Waals surface area contributed by atoms with Gasteiger partial charge in [0.25, 0.3) is 5.88 Å². The fourth-order valence-corrected chi connectivity index (χ4v) is 2.43. The quantitative estimate of drug-likeness (QED) is 0.831. The first-order chi connectivity index (χ1) is 8.11. The van der Waals surface area contributed by atoms with E-state index in [0.717, 1.165) is 25.2 Å². The van der Waals surface area contributed by atoms with Crippen LogP contribution in [0.25, 0.3) is 0 Å². The smallest absolute Gasteiger partial charge is 0.252 e. The molecule has 1 unspecified atom stereocenters. The van der Waals surface area contributed by atoms with Gasteiger partial charge in [-0.2, -0.15) is 5.10 Å². The van der Waals surface area contributed by atoms with Crippen LogP contribution >= 0.6 is 11.6 Å². The van der Waals surface area contributed by atoms with Crippen molar-refractivity contribution in [3.05, 3.63) is 16.8 Å². The Labute approximate surface area is 107 Å². The summed E-state index contributed by atoms with van der Waals surface area (Å²) in [5.74, 6) is 0.836. The number of rotatable bonds is 3. The summed E-state index contributed by atoms with van der Waals surface area (Å²) in [5.41, 5.74) is 0.971. The maximum atomic E-state index is 6.07. The van der Waals surface area contributed by atoms with Crippen LogP contribution in [0.1, 0.15) is 31.9 Å². The number of likely N-dealkylation sites (tertiary alicyclic amines) is 1. The van der Waals surface area contributed by atoms with Gasteiger partial charge in [0.1, 0.15) is 5.02 Å². The van der Waals surface area contributed by atoms with Crippen molar-refractivity contribution in [3.8, 4) is 5.88 Å². The van der Waals surface area contributed by atoms with Crippen LogP contribution in [0.5, 0.6) is 5.88 Å². The highest BCUT2D eigenvalue weighted by Crippen LogP contribution is 2.30. The van der Waals surface area contributed by atoms with E-state index in [1.54, 1.807) is 7.11 Å². The largest absolute Gasteiger partial charge is 0.479 e. The molecule has 1 aliphatic heterocycles. The van der Waals surface area contributed by atoms with Crippen LogP contribution in [0.3, 0.4) is 0 Å². The zero-order valence-corrected chi connectivity index (χ0v) is 11.2. The zero-order valence-electron chi connectivity index (χ0n) is 10.5. The topological polar surface area (TPSA) is 38.3 Å². The van der Waals surface area contributed by atoms with E-state index in [1.165, 1.54) is 0 Å². The van der Waals surface area contributed by atoms with E-state index in [-0.39, 0.29) is 0 Å². The summed E-state index contributed by atoms with van der Waals surface area (Å²) in [6.45, 7) is 6.59. The van der Waals surface area contributed by atoms with Crippen LogP contribution in [0.4, 0.5) is 0 Å². The molecule has 1 aromatic rings. The molecule has 0 saturated carbocycles. The second kappa shape index (κ2) is 5.19. The summed E-state index contributed by atoms with van der Waals surface area (Å²) >= 11 is 6.07. The predicted molar refractivity (Wildman–Crippen MR) is 67.7 cm³/mol. The Balaban J connectivity index is 2.11. The highest BCUT2D eigenvalue weighted by Gasteiger charge is 2.27. The lowest BCUT2D eigenvalue weighted by Gasteiger charge is -2.20. The molecule has 2 heterocycles. The minimum absolute atomic E-state index is 0.397. The summed E-state index contributed by atoms with van der Waals surface area (Å²) in [5, 5.41) is 8.73. The molecular formula is C12H18ClN3O. The lowest BCUT2D eigenvalue weighted by molar-refractivity contribution is 0.272. The fraction of sp³-hybridized carbons (Fsp3) is 0.667. The van der Waals surface area contributed by atoms with Gasteiger partial charge in [-0.15, -0.1) is 5.10 Å². The van der Waals surface area contributed by atoms with Gasteiger partial charge in [0, 0.05) is 18.5 Å². The minimum atomic E-state index is 0.397. The molecule has 1 fully saturated rings. The van der Waals surface area contributed by atoms with Crippen LogP contribution in [-0.4, -0.2) is 41.3 Å². The first-order valence-electron chi connectivity index (χ1n) is 5.93. The number of hydrogen-bond donors (Lipinski definition) is 0. The second-order valence-corrected chi connectivity index (χ2v) is 5.11. The SMILES string of the molecule is COc1nnc(C2CCN(C(C)C)C2)cc1Cl. The maximum Gasteiger partial charge on any atom is 0.252 e. The molecule has 0 N–H and O–H groups in total. The summed E-state index contributed by atoms with van der Waals surface area (Å²) < 4.78 is 5.01. The number of halogens is 1. The van der Waals surface area contributed by atoms with Crippen molar-refractivity contribution in [2.75, 3.05) is 20.2 Å². The van der Waals surface area contributed by atoms with Crippen molar-refractivity contribution in [2.45, 2.75) is 32.2 Å². The Morgan fingerprint density at radius 3 is 2.76 bits per heavy atom. The number of ether oxygens (including phenoxy) is 1. The third kappa shape index (κ3) is 2.69. The fourth-order valence-electron chi connectivity index (χ4n) is 2.21. The first kappa shape index (κ1) is 12.6. The molecule has 0 aliphatic carbocycles. The molecule has 2 rings (SSSR count). The third-order valence-electron chi connectivity index (χ3n) is 3.30. The summed E-state index contributed by atoms with van der Waals surface area (Å²) in [6, 6.07) is 2.46. The van der Waals surface area contributed by atoms with Crippen molar-refractivity contribution in [1.29, 1.82) is 0 Å². The molecule has 4 nitrogen and oxygen atoms in total. The third-order valence-corrected chi connectivity index (χ3v) is 3.57. The Morgan fingerprint density at radius 1 is 1.47 bits per heavy atom. The zero-order chi connectivity index (χ0) is 12.4. The normalized spacial score (nSPS) is 21.1. The average molecular weight is 256 g/mol. The maximum absolute atomic E-state index is 6.07. The lowest BCUT2D eigenvalue weighted by atomic mass is 10.1. The molecule has 94 valence electrons. The highest BCUT2D eigenvalue weighted by molar-refractivity contribution is 6.31. The van der Waals surface area contributed by atoms with Gasteiger partial charge in [0.15, 0.2) is 0 Å². The van der Waals surface area contributed by atoms with Crippen molar-refractivity contribution < 1.29 is 4.74 Å². The first-order valence-corrected chi connectivity index (χ1v) is 6.30. The van der Waals surface area contributed by atoms with Crippen LogP contribution in [-0.2, 0) is 0 Å². The van der Waals surface area contributed by atoms with E-state index >= 15 is 0 Å². The van der Waals surface area contributed by atoms with Gasteiger partial charge in [-0.3, -0.25) is 0 Å². The second-order valence-electron chi connectivity index (χ2n) is 4.70. The van der Waals surface area contributed by atoms with Crippen molar-refractivity contribution >= 4 is 11.6 Å². The van der Waals surface area contributed by atoms with Gasteiger partial charge in [-0.1, -0.05) is 11.6 Å². The van der Waals surface area contributed by atoms with Gasteiger partial charge in [0.05, 0.1) is 12.8 Å². The predicted octanol–water partition coefficient (Wildman–Crippen LogP) is 2.34. The van der Waals surface area contributed by atoms with Crippen molar-refractivity contribution in [3.63, 3.8) is 0 Å². The van der Waals surface area contributed by atoms with Crippen molar-refractivity contribution in [1.82, 2.24) is 15.1 Å². The van der Waals surface area contributed by atoms with E-state index in [2.05, 4.69) is 28.9 Å². The van der Waals surface area contributed by atoms with Crippen molar-refractivity contribution in [2.24, 2.45) is 0 Å². The molecule has 0 bridgehead atoms. The number of hydrogen-bond acceptors (Lipinski definition) is 4. The Bertz CT molecular complexity index is 397. The van der Waals surface area contributed by atoms with E-state index in [9.17, 15) is 0 Å². The molecular weight excluding hydrogens is 238 g/mol. The summed E-state index contributed by atoms with van der Waals surface area (Å²) in [6.07, 6.45) is 1.12. The Morgan fingerprint density at radius 2 is 2.24 bits per heavy atom. The van der Waals surface area contributed by atoms with Crippen LogP contribution in [0, 0.1) is 0 Å². The van der Waals surface area contributed by atoms with Crippen LogP contribution in [0.2, 0.25) is 5.02 Å². The van der Waals surface area contributed by atoms with Gasteiger partial charge < -0.3 is 9.64 Å². The molecule has 0 spiro atoms. The number of methoxy groups -OCH3 is 1. The van der Waals surface area contributed by atoms with Crippen LogP contribution < -0.4 is 4.74 Å². The summed E-state index contributed by atoms with van der Waals surface area (Å²) in [4.78, 5) is 2.45. The molecule has 0 amide bonds. The monoisotopic (exact) mass is 255 g/mol. The van der Waals surface area contributed by atoms with Gasteiger partial charge in [0.2, 0.25) is 0 Å².